The number of aliphatic imine (C=N–C) groups is 1. The summed E-state index contributed by atoms with van der Waals surface area (Å²) in [7, 11) is 1.67. The number of halogens is 2. The highest BCUT2D eigenvalue weighted by atomic mass is 32.1. The van der Waals surface area contributed by atoms with Crippen LogP contribution >= 0.6 is 11.3 Å². The van der Waals surface area contributed by atoms with Crippen LogP contribution in [0.2, 0.25) is 0 Å². The average molecular weight is 323 g/mol. The van der Waals surface area contributed by atoms with Crippen molar-refractivity contribution in [3.63, 3.8) is 0 Å². The van der Waals surface area contributed by atoms with Crippen LogP contribution in [0.3, 0.4) is 0 Å². The van der Waals surface area contributed by atoms with Crippen molar-refractivity contribution in [3.05, 3.63) is 57.3 Å². The third kappa shape index (κ3) is 4.53. The van der Waals surface area contributed by atoms with E-state index in [-0.39, 0.29) is 12.0 Å². The Morgan fingerprint density at radius 3 is 2.45 bits per heavy atom. The number of nitrogens with one attached hydrogen (secondary N) is 2. The normalized spacial score (nSPS) is 11.5. The first kappa shape index (κ1) is 16.4. The van der Waals surface area contributed by atoms with Gasteiger partial charge < -0.3 is 10.6 Å². The number of aryl methyl sites for hydroxylation is 1. The Morgan fingerprint density at radius 2 is 1.86 bits per heavy atom. The Balaban J connectivity index is 1.81. The number of thiophene rings is 1. The number of guanidine groups is 1. The minimum Gasteiger partial charge on any atom is -0.356 e. The minimum atomic E-state index is -0.515. The molecule has 0 fully saturated rings. The first-order valence-corrected chi connectivity index (χ1v) is 7.84. The van der Waals surface area contributed by atoms with Crippen LogP contribution in [0.4, 0.5) is 8.78 Å². The third-order valence-electron chi connectivity index (χ3n) is 3.18. The van der Waals surface area contributed by atoms with Gasteiger partial charge in [0.1, 0.15) is 11.6 Å². The predicted octanol–water partition coefficient (Wildman–Crippen LogP) is 3.24. The molecule has 0 atom stereocenters. The van der Waals surface area contributed by atoms with Crippen LogP contribution in [0.1, 0.15) is 15.3 Å². The highest BCUT2D eigenvalue weighted by molar-refractivity contribution is 7.11. The molecule has 1 heterocycles. The van der Waals surface area contributed by atoms with Crippen LogP contribution in [-0.4, -0.2) is 19.6 Å². The summed E-state index contributed by atoms with van der Waals surface area (Å²) in [6.07, 6.45) is 0.261. The van der Waals surface area contributed by atoms with Crippen molar-refractivity contribution < 1.29 is 8.78 Å². The van der Waals surface area contributed by atoms with E-state index in [4.69, 9.17) is 0 Å². The standard InChI is InChI=1S/C16H19F2N3S/c1-11-6-7-12(22-11)10-21-16(19-2)20-9-8-13-14(17)4-3-5-15(13)18/h3-7H,8-10H2,1-2H3,(H2,19,20,21). The molecule has 0 spiro atoms. The van der Waals surface area contributed by atoms with Crippen LogP contribution in [0.25, 0.3) is 0 Å². The van der Waals surface area contributed by atoms with Crippen LogP contribution in [0.5, 0.6) is 0 Å². The van der Waals surface area contributed by atoms with E-state index in [0.29, 0.717) is 19.0 Å². The second-order valence-electron chi connectivity index (χ2n) is 4.82. The van der Waals surface area contributed by atoms with E-state index in [2.05, 4.69) is 34.7 Å². The van der Waals surface area contributed by atoms with E-state index in [1.165, 1.54) is 28.0 Å². The van der Waals surface area contributed by atoms with Gasteiger partial charge in [-0.3, -0.25) is 4.99 Å². The average Bonchev–Trinajstić information content (AvgIpc) is 2.91. The molecule has 0 aliphatic rings. The molecule has 2 rings (SSSR count). The van der Waals surface area contributed by atoms with Crippen molar-refractivity contribution in [2.75, 3.05) is 13.6 Å². The fourth-order valence-electron chi connectivity index (χ4n) is 2.05. The third-order valence-corrected chi connectivity index (χ3v) is 4.18. The number of nitrogens with zero attached hydrogens (tertiary/aromatic N) is 1. The van der Waals surface area contributed by atoms with Gasteiger partial charge in [-0.2, -0.15) is 0 Å². The van der Waals surface area contributed by atoms with Gasteiger partial charge in [-0.15, -0.1) is 11.3 Å². The maximum atomic E-state index is 13.5. The largest absolute Gasteiger partial charge is 0.356 e. The lowest BCUT2D eigenvalue weighted by atomic mass is 10.1. The molecule has 0 saturated carbocycles. The van der Waals surface area contributed by atoms with Crippen molar-refractivity contribution in [1.82, 2.24) is 10.6 Å². The Bertz CT molecular complexity index is 632. The van der Waals surface area contributed by atoms with Gasteiger partial charge in [0.15, 0.2) is 5.96 Å². The topological polar surface area (TPSA) is 36.4 Å². The molecule has 0 unspecified atom stereocenters. The molecule has 0 aliphatic heterocycles. The predicted molar refractivity (Wildman–Crippen MR) is 87.3 cm³/mol. The summed E-state index contributed by atoms with van der Waals surface area (Å²) in [5, 5.41) is 6.24. The minimum absolute atomic E-state index is 0.0966. The molecule has 0 amide bonds. The number of benzene rings is 1. The van der Waals surface area contributed by atoms with Crippen molar-refractivity contribution >= 4 is 17.3 Å². The lowest BCUT2D eigenvalue weighted by Crippen LogP contribution is -2.37. The molecule has 0 bridgehead atoms. The van der Waals surface area contributed by atoms with E-state index in [0.717, 1.165) is 0 Å². The lowest BCUT2D eigenvalue weighted by Gasteiger charge is -2.11. The smallest absolute Gasteiger partial charge is 0.191 e. The van der Waals surface area contributed by atoms with Gasteiger partial charge in [0.25, 0.3) is 0 Å². The summed E-state index contributed by atoms with van der Waals surface area (Å²) in [5.41, 5.74) is 0.0966. The monoisotopic (exact) mass is 323 g/mol. The van der Waals surface area contributed by atoms with Crippen molar-refractivity contribution in [3.8, 4) is 0 Å². The highest BCUT2D eigenvalue weighted by Crippen LogP contribution is 2.14. The first-order valence-electron chi connectivity index (χ1n) is 7.03. The zero-order valence-corrected chi connectivity index (χ0v) is 13.4. The second kappa shape index (κ2) is 7.89. The molecule has 3 nitrogen and oxygen atoms in total. The summed E-state index contributed by atoms with van der Waals surface area (Å²) in [4.78, 5) is 6.57. The maximum Gasteiger partial charge on any atom is 0.191 e. The van der Waals surface area contributed by atoms with Crippen LogP contribution in [-0.2, 0) is 13.0 Å². The summed E-state index contributed by atoms with van der Waals surface area (Å²) < 4.78 is 27.0. The van der Waals surface area contributed by atoms with Crippen LogP contribution in [0, 0.1) is 18.6 Å². The lowest BCUT2D eigenvalue weighted by molar-refractivity contribution is 0.553. The highest BCUT2D eigenvalue weighted by Gasteiger charge is 2.08. The van der Waals surface area contributed by atoms with Crippen molar-refractivity contribution in [1.29, 1.82) is 0 Å². The van der Waals surface area contributed by atoms with E-state index in [1.807, 2.05) is 0 Å². The molecule has 2 N–H and O–H groups in total. The number of rotatable bonds is 5. The van der Waals surface area contributed by atoms with Gasteiger partial charge in [-0.25, -0.2) is 8.78 Å². The summed E-state index contributed by atoms with van der Waals surface area (Å²) in [5.74, 6) is -0.416. The van der Waals surface area contributed by atoms with E-state index in [9.17, 15) is 8.78 Å². The Hall–Kier alpha value is -1.95. The SMILES string of the molecule is CN=C(NCCc1c(F)cccc1F)NCc1ccc(C)s1. The molecule has 2 aromatic rings. The number of hydrogen-bond donors (Lipinski definition) is 2. The van der Waals surface area contributed by atoms with Gasteiger partial charge >= 0.3 is 0 Å². The van der Waals surface area contributed by atoms with Gasteiger partial charge in [0, 0.05) is 28.9 Å². The van der Waals surface area contributed by atoms with Gasteiger partial charge in [0.2, 0.25) is 0 Å². The van der Waals surface area contributed by atoms with Crippen molar-refractivity contribution in [2.24, 2.45) is 4.99 Å². The molecule has 1 aromatic heterocycles. The zero-order valence-electron chi connectivity index (χ0n) is 12.6. The molecular formula is C16H19F2N3S. The van der Waals surface area contributed by atoms with E-state index >= 15 is 0 Å². The molecular weight excluding hydrogens is 304 g/mol. The Morgan fingerprint density at radius 1 is 1.14 bits per heavy atom. The zero-order chi connectivity index (χ0) is 15.9. The molecule has 118 valence electrons. The van der Waals surface area contributed by atoms with Gasteiger partial charge in [-0.05, 0) is 37.6 Å². The summed E-state index contributed by atoms with van der Waals surface area (Å²) in [6.45, 7) is 3.14. The first-order chi connectivity index (χ1) is 10.6. The molecule has 1 aromatic carbocycles. The van der Waals surface area contributed by atoms with Gasteiger partial charge in [0.05, 0.1) is 6.54 Å². The maximum absolute atomic E-state index is 13.5. The van der Waals surface area contributed by atoms with E-state index < -0.39 is 11.6 Å². The molecule has 22 heavy (non-hydrogen) atoms. The Kier molecular flexibility index (Phi) is 5.89. The van der Waals surface area contributed by atoms with E-state index in [1.54, 1.807) is 18.4 Å². The molecule has 0 aliphatic carbocycles. The fourth-order valence-corrected chi connectivity index (χ4v) is 2.88. The molecule has 6 heteroatoms. The number of hydrogen-bond acceptors (Lipinski definition) is 2. The fraction of sp³-hybridized carbons (Fsp3) is 0.312. The molecule has 0 radical (unpaired) electrons. The van der Waals surface area contributed by atoms with Crippen LogP contribution in [0.15, 0.2) is 35.3 Å². The summed E-state index contributed by atoms with van der Waals surface area (Å²) in [6, 6.07) is 8.04. The van der Waals surface area contributed by atoms with Crippen LogP contribution < -0.4 is 10.6 Å². The molecule has 0 saturated heterocycles. The van der Waals surface area contributed by atoms with Crippen molar-refractivity contribution in [2.45, 2.75) is 19.9 Å². The quantitative estimate of drug-likeness (QED) is 0.655. The van der Waals surface area contributed by atoms with Gasteiger partial charge in [-0.1, -0.05) is 6.07 Å². The summed E-state index contributed by atoms with van der Waals surface area (Å²) >= 11 is 1.72. The second-order valence-corrected chi connectivity index (χ2v) is 6.19. The Labute approximate surface area is 133 Å².